The van der Waals surface area contributed by atoms with E-state index in [0.717, 1.165) is 22.5 Å². The molecule has 1 amide bonds. The highest BCUT2D eigenvalue weighted by Crippen LogP contribution is 2.26. The van der Waals surface area contributed by atoms with Gasteiger partial charge in [-0.25, -0.2) is 9.37 Å². The predicted octanol–water partition coefficient (Wildman–Crippen LogP) is 3.06. The molecule has 1 unspecified atom stereocenters. The van der Waals surface area contributed by atoms with E-state index in [9.17, 15) is 9.18 Å². The lowest BCUT2D eigenvalue weighted by Gasteiger charge is -2.16. The van der Waals surface area contributed by atoms with Gasteiger partial charge in [0.25, 0.3) is 5.91 Å². The number of fused-ring (bicyclic) bond motifs is 1. The lowest BCUT2D eigenvalue weighted by Crippen LogP contribution is -2.22. The van der Waals surface area contributed by atoms with E-state index in [1.165, 1.54) is 0 Å². The quantitative estimate of drug-likeness (QED) is 0.365. The minimum Gasteiger partial charge on any atom is -0.366 e. The number of amides is 1. The molecule has 1 atom stereocenters. The zero-order valence-electron chi connectivity index (χ0n) is 16.8. The molecular weight excluding hydrogens is 397 g/mol. The maximum absolute atomic E-state index is 14.6. The lowest BCUT2D eigenvalue weighted by molar-refractivity contribution is 0.100. The number of anilines is 3. The Hall–Kier alpha value is -3.98. The van der Waals surface area contributed by atoms with Crippen molar-refractivity contribution < 1.29 is 9.18 Å². The Balaban J connectivity index is 1.60. The normalized spacial score (nSPS) is 12.0. The van der Waals surface area contributed by atoms with E-state index in [-0.39, 0.29) is 29.8 Å². The molecule has 4 rings (SSSR count). The summed E-state index contributed by atoms with van der Waals surface area (Å²) in [5.41, 5.74) is 14.1. The molecule has 2 aromatic heterocycles. The molecule has 4 aromatic rings. The number of carbonyl (C=O) groups is 1. The lowest BCUT2D eigenvalue weighted by atomic mass is 10.1. The van der Waals surface area contributed by atoms with Crippen LogP contribution in [0.15, 0.2) is 60.8 Å². The molecule has 0 aliphatic carbocycles. The summed E-state index contributed by atoms with van der Waals surface area (Å²) < 4.78 is 16.3. The van der Waals surface area contributed by atoms with Crippen LogP contribution in [0, 0.1) is 5.82 Å². The molecule has 2 heterocycles. The Morgan fingerprint density at radius 2 is 1.94 bits per heavy atom. The number of hydrogen-bond acceptors (Lipinski definition) is 6. The van der Waals surface area contributed by atoms with E-state index in [0.29, 0.717) is 5.69 Å². The Labute approximate surface area is 178 Å². The standard InChI is InChI=1S/C22H22FN7O/c1-30-19-8-7-15(9-14(19)11-27-30)28-21-16(20(25)31)10-17(23)22(29-21)26-12-18(24)13-5-3-2-4-6-13/h2-11,18H,12,24H2,1H3,(H2,25,31)(H2,26,28,29). The number of aryl methyl sites for hydroxylation is 1. The second kappa shape index (κ2) is 8.41. The van der Waals surface area contributed by atoms with Crippen molar-refractivity contribution in [3.63, 3.8) is 0 Å². The highest BCUT2D eigenvalue weighted by Gasteiger charge is 2.17. The van der Waals surface area contributed by atoms with E-state index in [4.69, 9.17) is 11.5 Å². The summed E-state index contributed by atoms with van der Waals surface area (Å²) in [6.07, 6.45) is 1.73. The van der Waals surface area contributed by atoms with Gasteiger partial charge in [0, 0.05) is 30.7 Å². The van der Waals surface area contributed by atoms with Crippen molar-refractivity contribution in [2.75, 3.05) is 17.2 Å². The van der Waals surface area contributed by atoms with Crippen LogP contribution in [0.2, 0.25) is 0 Å². The highest BCUT2D eigenvalue weighted by atomic mass is 19.1. The molecule has 0 radical (unpaired) electrons. The van der Waals surface area contributed by atoms with Crippen LogP contribution in [0.5, 0.6) is 0 Å². The molecule has 0 fully saturated rings. The van der Waals surface area contributed by atoms with E-state index in [2.05, 4.69) is 20.7 Å². The van der Waals surface area contributed by atoms with E-state index >= 15 is 0 Å². The van der Waals surface area contributed by atoms with Gasteiger partial charge in [-0.15, -0.1) is 0 Å². The molecule has 0 aliphatic heterocycles. The van der Waals surface area contributed by atoms with Crippen LogP contribution in [0.4, 0.5) is 21.7 Å². The molecule has 6 N–H and O–H groups in total. The number of pyridine rings is 1. The zero-order valence-corrected chi connectivity index (χ0v) is 16.8. The molecule has 0 spiro atoms. The average molecular weight is 419 g/mol. The van der Waals surface area contributed by atoms with Crippen LogP contribution in [0.25, 0.3) is 10.9 Å². The van der Waals surface area contributed by atoms with Gasteiger partial charge in [-0.2, -0.15) is 5.10 Å². The van der Waals surface area contributed by atoms with Crippen LogP contribution < -0.4 is 22.1 Å². The molecule has 0 saturated carbocycles. The van der Waals surface area contributed by atoms with E-state index in [1.807, 2.05) is 55.6 Å². The Bertz CT molecular complexity index is 1240. The van der Waals surface area contributed by atoms with Crippen molar-refractivity contribution in [1.29, 1.82) is 0 Å². The van der Waals surface area contributed by atoms with Gasteiger partial charge in [-0.3, -0.25) is 9.48 Å². The molecule has 2 aromatic carbocycles. The minimum absolute atomic E-state index is 0.0265. The first kappa shape index (κ1) is 20.3. The number of nitrogens with two attached hydrogens (primary N) is 2. The van der Waals surface area contributed by atoms with Gasteiger partial charge in [0.1, 0.15) is 5.82 Å². The second-order valence-corrected chi connectivity index (χ2v) is 7.14. The van der Waals surface area contributed by atoms with Crippen molar-refractivity contribution in [3.05, 3.63) is 77.7 Å². The maximum atomic E-state index is 14.6. The summed E-state index contributed by atoms with van der Waals surface area (Å²) in [6, 6.07) is 15.7. The summed E-state index contributed by atoms with van der Waals surface area (Å²) in [5, 5.41) is 11.1. The summed E-state index contributed by atoms with van der Waals surface area (Å²) in [5.74, 6) is -1.36. The molecule has 8 nitrogen and oxygen atoms in total. The number of aromatic nitrogens is 3. The number of benzene rings is 2. The summed E-state index contributed by atoms with van der Waals surface area (Å²) in [4.78, 5) is 16.1. The fourth-order valence-corrected chi connectivity index (χ4v) is 3.30. The predicted molar refractivity (Wildman–Crippen MR) is 119 cm³/mol. The minimum atomic E-state index is -0.788. The summed E-state index contributed by atoms with van der Waals surface area (Å²) in [7, 11) is 1.85. The number of hydrogen-bond donors (Lipinski definition) is 4. The summed E-state index contributed by atoms with van der Waals surface area (Å²) >= 11 is 0. The number of primary amides is 1. The third-order valence-electron chi connectivity index (χ3n) is 4.97. The first-order valence-electron chi connectivity index (χ1n) is 9.66. The second-order valence-electron chi connectivity index (χ2n) is 7.14. The van der Waals surface area contributed by atoms with Gasteiger partial charge in [-0.05, 0) is 29.8 Å². The van der Waals surface area contributed by atoms with E-state index < -0.39 is 11.7 Å². The number of halogens is 1. The summed E-state index contributed by atoms with van der Waals surface area (Å²) in [6.45, 7) is 0.255. The third kappa shape index (κ3) is 4.31. The van der Waals surface area contributed by atoms with Crippen LogP contribution in [0.3, 0.4) is 0 Å². The third-order valence-corrected chi connectivity index (χ3v) is 4.97. The fourth-order valence-electron chi connectivity index (χ4n) is 3.30. The van der Waals surface area contributed by atoms with Gasteiger partial charge in [-0.1, -0.05) is 30.3 Å². The first-order valence-corrected chi connectivity index (χ1v) is 9.66. The smallest absolute Gasteiger partial charge is 0.252 e. The number of carbonyl (C=O) groups excluding carboxylic acids is 1. The number of nitrogens with zero attached hydrogens (tertiary/aromatic N) is 3. The van der Waals surface area contributed by atoms with Crippen LogP contribution in [-0.2, 0) is 7.05 Å². The molecular formula is C22H22FN7O. The SMILES string of the molecule is Cn1ncc2cc(Nc3nc(NCC(N)c4ccccc4)c(F)cc3C(N)=O)ccc21. The first-order chi connectivity index (χ1) is 14.9. The van der Waals surface area contributed by atoms with Gasteiger partial charge >= 0.3 is 0 Å². The zero-order chi connectivity index (χ0) is 22.0. The molecule has 0 bridgehead atoms. The van der Waals surface area contributed by atoms with Gasteiger partial charge in [0.15, 0.2) is 11.6 Å². The number of nitrogens with one attached hydrogen (secondary N) is 2. The van der Waals surface area contributed by atoms with Crippen molar-refractivity contribution >= 4 is 34.1 Å². The van der Waals surface area contributed by atoms with Crippen molar-refractivity contribution in [3.8, 4) is 0 Å². The Kier molecular flexibility index (Phi) is 5.50. The van der Waals surface area contributed by atoms with Crippen molar-refractivity contribution in [2.45, 2.75) is 6.04 Å². The van der Waals surface area contributed by atoms with E-state index in [1.54, 1.807) is 10.9 Å². The van der Waals surface area contributed by atoms with Crippen molar-refractivity contribution in [2.24, 2.45) is 18.5 Å². The van der Waals surface area contributed by atoms with Gasteiger partial charge < -0.3 is 22.1 Å². The molecule has 9 heteroatoms. The molecule has 158 valence electrons. The number of rotatable bonds is 7. The molecule has 31 heavy (non-hydrogen) atoms. The topological polar surface area (TPSA) is 124 Å². The molecule has 0 saturated heterocycles. The van der Waals surface area contributed by atoms with Gasteiger partial charge in [0.2, 0.25) is 0 Å². The Morgan fingerprint density at radius 1 is 1.16 bits per heavy atom. The van der Waals surface area contributed by atoms with Crippen LogP contribution in [0.1, 0.15) is 22.0 Å². The fraction of sp³-hybridized carbons (Fsp3) is 0.136. The highest BCUT2D eigenvalue weighted by molar-refractivity contribution is 5.99. The largest absolute Gasteiger partial charge is 0.366 e. The van der Waals surface area contributed by atoms with Crippen molar-refractivity contribution in [1.82, 2.24) is 14.8 Å². The average Bonchev–Trinajstić information content (AvgIpc) is 3.14. The van der Waals surface area contributed by atoms with Crippen LogP contribution >= 0.6 is 0 Å². The Morgan fingerprint density at radius 3 is 2.68 bits per heavy atom. The maximum Gasteiger partial charge on any atom is 0.252 e. The van der Waals surface area contributed by atoms with Gasteiger partial charge in [0.05, 0.1) is 17.3 Å². The molecule has 0 aliphatic rings. The van der Waals surface area contributed by atoms with Crippen LogP contribution in [-0.4, -0.2) is 27.2 Å². The monoisotopic (exact) mass is 419 g/mol.